The van der Waals surface area contributed by atoms with E-state index >= 15 is 0 Å². The number of nitrogens with two attached hydrogens (primary N) is 1. The van der Waals surface area contributed by atoms with E-state index in [0.717, 1.165) is 5.56 Å². The Kier molecular flexibility index (Phi) is 7.47. The highest BCUT2D eigenvalue weighted by molar-refractivity contribution is 6.05. The second-order valence-corrected chi connectivity index (χ2v) is 10.7. The van der Waals surface area contributed by atoms with Crippen molar-refractivity contribution >= 4 is 17.5 Å². The van der Waals surface area contributed by atoms with Crippen molar-refractivity contribution in [2.45, 2.75) is 84.5 Å². The highest BCUT2D eigenvalue weighted by Gasteiger charge is 2.42. The predicted molar refractivity (Wildman–Crippen MR) is 129 cm³/mol. The van der Waals surface area contributed by atoms with Gasteiger partial charge in [-0.05, 0) is 23.5 Å². The van der Waals surface area contributed by atoms with Crippen LogP contribution in [0.1, 0.15) is 71.9 Å². The number of carbonyl (C=O) groups is 2. The van der Waals surface area contributed by atoms with Crippen molar-refractivity contribution in [1.29, 1.82) is 0 Å². The summed E-state index contributed by atoms with van der Waals surface area (Å²) in [7, 11) is 0. The maximum atomic E-state index is 13.5. The number of aromatic nitrogens is 2. The van der Waals surface area contributed by atoms with Gasteiger partial charge in [-0.1, -0.05) is 66.7 Å². The van der Waals surface area contributed by atoms with E-state index in [-0.39, 0.29) is 35.0 Å². The Morgan fingerprint density at radius 2 is 1.79 bits per heavy atom. The first-order chi connectivity index (χ1) is 15.8. The van der Waals surface area contributed by atoms with Crippen LogP contribution in [-0.4, -0.2) is 45.2 Å². The first-order valence-electron chi connectivity index (χ1n) is 11.8. The van der Waals surface area contributed by atoms with E-state index in [1.165, 1.54) is 4.90 Å². The molecule has 2 amide bonds. The average Bonchev–Trinajstić information content (AvgIpc) is 3.40. The zero-order valence-corrected chi connectivity index (χ0v) is 21.1. The van der Waals surface area contributed by atoms with Crippen LogP contribution in [0.3, 0.4) is 0 Å². The number of carbonyl (C=O) groups excluding carboxylic acids is 2. The van der Waals surface area contributed by atoms with Gasteiger partial charge in [0.2, 0.25) is 23.6 Å². The summed E-state index contributed by atoms with van der Waals surface area (Å²) >= 11 is 0. The van der Waals surface area contributed by atoms with Crippen molar-refractivity contribution in [1.82, 2.24) is 15.5 Å². The van der Waals surface area contributed by atoms with Crippen LogP contribution in [0.4, 0.5) is 5.69 Å². The van der Waals surface area contributed by atoms with Crippen LogP contribution in [-0.2, 0) is 21.4 Å². The summed E-state index contributed by atoms with van der Waals surface area (Å²) in [4.78, 5) is 28.3. The molecule has 0 fully saturated rings. The lowest BCUT2D eigenvalue weighted by molar-refractivity contribution is -0.128. The zero-order chi connectivity index (χ0) is 25.4. The minimum absolute atomic E-state index is 0.0494. The second-order valence-electron chi connectivity index (χ2n) is 10.7. The number of hydrogen-bond donors (Lipinski definition) is 3. The molecule has 1 aliphatic rings. The van der Waals surface area contributed by atoms with E-state index < -0.39 is 24.2 Å². The van der Waals surface area contributed by atoms with Crippen LogP contribution >= 0.6 is 0 Å². The molecule has 1 aromatic carbocycles. The number of nitrogens with one attached hydrogen (secondary N) is 1. The molecule has 186 valence electrons. The largest absolute Gasteiger partial charge is 0.422 e. The van der Waals surface area contributed by atoms with Gasteiger partial charge in [0, 0.05) is 17.5 Å². The maximum Gasteiger partial charge on any atom is 0.247 e. The Balaban J connectivity index is 1.86. The van der Waals surface area contributed by atoms with E-state index in [1.54, 1.807) is 0 Å². The standard InChI is InChI=1S/C25H37N5O4/c1-13(2)18(26)23(33)30-16-11-9-8-10-15(16)12-17(30)21(32)27-19(14(3)4)20(31)22-28-29-24(34-22)25(5,6)7/h8-11,13-14,17-20,31H,12,26H2,1-7H3,(H,27,32)/t17-,18-,19-,20?/m0/s1. The lowest BCUT2D eigenvalue weighted by Crippen LogP contribution is -2.56. The third-order valence-corrected chi connectivity index (χ3v) is 6.22. The van der Waals surface area contributed by atoms with Gasteiger partial charge in [0.1, 0.15) is 6.04 Å². The molecule has 9 heteroatoms. The number of anilines is 1. The first kappa shape index (κ1) is 25.8. The predicted octanol–water partition coefficient (Wildman–Crippen LogP) is 2.48. The van der Waals surface area contributed by atoms with Crippen LogP contribution < -0.4 is 16.0 Å². The van der Waals surface area contributed by atoms with Crippen molar-refractivity contribution in [2.75, 3.05) is 4.90 Å². The molecule has 1 aliphatic heterocycles. The molecular formula is C25H37N5O4. The Morgan fingerprint density at radius 1 is 1.15 bits per heavy atom. The number of amides is 2. The number of benzene rings is 1. The van der Waals surface area contributed by atoms with Crippen LogP contribution in [0.2, 0.25) is 0 Å². The number of fused-ring (bicyclic) bond motifs is 1. The third-order valence-electron chi connectivity index (χ3n) is 6.22. The molecule has 0 bridgehead atoms. The van der Waals surface area contributed by atoms with E-state index in [9.17, 15) is 14.7 Å². The maximum absolute atomic E-state index is 13.5. The Hall–Kier alpha value is -2.78. The minimum atomic E-state index is -1.20. The van der Waals surface area contributed by atoms with Gasteiger partial charge in [0.15, 0.2) is 6.10 Å². The summed E-state index contributed by atoms with van der Waals surface area (Å²) in [6, 6.07) is 5.26. The molecule has 2 aromatic rings. The van der Waals surface area contributed by atoms with Crippen LogP contribution in [0.15, 0.2) is 28.7 Å². The van der Waals surface area contributed by atoms with Gasteiger partial charge in [0.05, 0.1) is 12.1 Å². The topological polar surface area (TPSA) is 135 Å². The number of nitrogens with zero attached hydrogens (tertiary/aromatic N) is 3. The fourth-order valence-corrected chi connectivity index (χ4v) is 4.00. The second kappa shape index (κ2) is 9.84. The molecule has 0 saturated heterocycles. The van der Waals surface area contributed by atoms with Crippen LogP contribution in [0, 0.1) is 11.8 Å². The monoisotopic (exact) mass is 471 g/mol. The molecule has 0 saturated carbocycles. The van der Waals surface area contributed by atoms with Gasteiger partial charge in [-0.2, -0.15) is 0 Å². The molecule has 0 radical (unpaired) electrons. The molecule has 1 unspecified atom stereocenters. The summed E-state index contributed by atoms with van der Waals surface area (Å²) < 4.78 is 5.71. The summed E-state index contributed by atoms with van der Waals surface area (Å²) in [5, 5.41) is 22.0. The van der Waals surface area contributed by atoms with E-state index in [4.69, 9.17) is 10.2 Å². The molecule has 0 aliphatic carbocycles. The van der Waals surface area contributed by atoms with Gasteiger partial charge in [-0.3, -0.25) is 14.5 Å². The number of aliphatic hydroxyl groups excluding tert-OH is 1. The highest BCUT2D eigenvalue weighted by atomic mass is 16.4. The first-order valence-corrected chi connectivity index (χ1v) is 11.8. The molecule has 0 spiro atoms. The smallest absolute Gasteiger partial charge is 0.247 e. The van der Waals surface area contributed by atoms with Gasteiger partial charge >= 0.3 is 0 Å². The zero-order valence-electron chi connectivity index (χ0n) is 21.1. The number of para-hydroxylation sites is 1. The molecule has 4 N–H and O–H groups in total. The van der Waals surface area contributed by atoms with Crippen molar-refractivity contribution in [3.05, 3.63) is 41.6 Å². The Bertz CT molecular complexity index is 1030. The SMILES string of the molecule is CC(C)[C@H](NC(=O)[C@@H]1Cc2ccccc2N1C(=O)[C@@H](N)C(C)C)C(O)c1nnc(C(C)(C)C)o1. The minimum Gasteiger partial charge on any atom is -0.422 e. The summed E-state index contributed by atoms with van der Waals surface area (Å²) in [6.07, 6.45) is -0.827. The fraction of sp³-hybridized carbons (Fsp3) is 0.600. The van der Waals surface area contributed by atoms with Crippen molar-refractivity contribution < 1.29 is 19.1 Å². The fourth-order valence-electron chi connectivity index (χ4n) is 4.00. The molecule has 2 heterocycles. The number of aliphatic hydroxyl groups is 1. The van der Waals surface area contributed by atoms with E-state index in [0.29, 0.717) is 18.0 Å². The quantitative estimate of drug-likeness (QED) is 0.565. The molecule has 9 nitrogen and oxygen atoms in total. The third kappa shape index (κ3) is 5.15. The lowest BCUT2D eigenvalue weighted by Gasteiger charge is -2.31. The molecular weight excluding hydrogens is 434 g/mol. The summed E-state index contributed by atoms with van der Waals surface area (Å²) in [5.41, 5.74) is 7.41. The van der Waals surface area contributed by atoms with Gasteiger partial charge in [0.25, 0.3) is 0 Å². The molecule has 34 heavy (non-hydrogen) atoms. The summed E-state index contributed by atoms with van der Waals surface area (Å²) in [6.45, 7) is 13.3. The Morgan fingerprint density at radius 3 is 2.35 bits per heavy atom. The number of hydrogen-bond acceptors (Lipinski definition) is 7. The summed E-state index contributed by atoms with van der Waals surface area (Å²) in [5.74, 6) is -0.435. The normalized spacial score (nSPS) is 18.7. The number of rotatable bonds is 7. The Labute approximate surface area is 201 Å². The van der Waals surface area contributed by atoms with Gasteiger partial charge in [-0.15, -0.1) is 10.2 Å². The van der Waals surface area contributed by atoms with Crippen molar-refractivity contribution in [3.63, 3.8) is 0 Å². The van der Waals surface area contributed by atoms with Crippen LogP contribution in [0.25, 0.3) is 0 Å². The highest BCUT2D eigenvalue weighted by Crippen LogP contribution is 2.34. The van der Waals surface area contributed by atoms with Crippen molar-refractivity contribution in [2.24, 2.45) is 17.6 Å². The van der Waals surface area contributed by atoms with Crippen LogP contribution in [0.5, 0.6) is 0 Å². The molecule has 3 rings (SSSR count). The van der Waals surface area contributed by atoms with Gasteiger partial charge < -0.3 is 20.6 Å². The van der Waals surface area contributed by atoms with Crippen molar-refractivity contribution in [3.8, 4) is 0 Å². The average molecular weight is 472 g/mol. The van der Waals surface area contributed by atoms with E-state index in [2.05, 4.69) is 15.5 Å². The van der Waals surface area contributed by atoms with Gasteiger partial charge in [-0.25, -0.2) is 0 Å². The lowest BCUT2D eigenvalue weighted by atomic mass is 9.96. The molecule has 4 atom stereocenters. The molecule has 1 aromatic heterocycles. The van der Waals surface area contributed by atoms with E-state index in [1.807, 2.05) is 72.7 Å².